The van der Waals surface area contributed by atoms with Crippen molar-refractivity contribution in [3.63, 3.8) is 0 Å². The summed E-state index contributed by atoms with van der Waals surface area (Å²) < 4.78 is 0. The fraction of sp³-hybridized carbons (Fsp3) is 0.391. The summed E-state index contributed by atoms with van der Waals surface area (Å²) in [5, 5.41) is 16.3. The van der Waals surface area contributed by atoms with Crippen LogP contribution in [0.2, 0.25) is 0 Å². The number of allylic oxidation sites excluding steroid dienone is 4. The van der Waals surface area contributed by atoms with Crippen LogP contribution in [0.4, 0.5) is 5.69 Å². The van der Waals surface area contributed by atoms with E-state index in [4.69, 9.17) is 0 Å². The topological polar surface area (TPSA) is 68.2 Å². The zero-order valence-electron chi connectivity index (χ0n) is 16.2. The van der Waals surface area contributed by atoms with Crippen LogP contribution in [0.5, 0.6) is 0 Å². The van der Waals surface area contributed by atoms with Gasteiger partial charge in [0, 0.05) is 55.3 Å². The van der Waals surface area contributed by atoms with Gasteiger partial charge in [-0.3, -0.25) is 4.79 Å². The molecule has 2 heterocycles. The Balaban J connectivity index is 1.59. The Morgan fingerprint density at radius 2 is 2.11 bits per heavy atom. The number of hydrogen-bond donors (Lipinski definition) is 2. The van der Waals surface area contributed by atoms with Crippen LogP contribution in [0.3, 0.4) is 0 Å². The molecule has 2 aliphatic heterocycles. The van der Waals surface area contributed by atoms with E-state index < -0.39 is 0 Å². The first-order valence-corrected chi connectivity index (χ1v) is 10.0. The number of rotatable bonds is 3. The predicted molar refractivity (Wildman–Crippen MR) is 111 cm³/mol. The van der Waals surface area contributed by atoms with Crippen molar-refractivity contribution in [1.29, 1.82) is 5.26 Å². The van der Waals surface area contributed by atoms with E-state index in [-0.39, 0.29) is 11.8 Å². The van der Waals surface area contributed by atoms with Crippen molar-refractivity contribution in [3.8, 4) is 6.07 Å². The number of nitrogens with one attached hydrogen (secondary N) is 2. The van der Waals surface area contributed by atoms with Crippen LogP contribution in [0.25, 0.3) is 6.08 Å². The van der Waals surface area contributed by atoms with Crippen molar-refractivity contribution in [2.75, 3.05) is 18.4 Å². The second-order valence-electron chi connectivity index (χ2n) is 7.75. The maximum absolute atomic E-state index is 11.6. The molecule has 1 atom stereocenters. The molecule has 1 aliphatic carbocycles. The summed E-state index contributed by atoms with van der Waals surface area (Å²) in [6, 6.07) is 7.15. The largest absolute Gasteiger partial charge is 0.387 e. The first kappa shape index (κ1) is 18.4. The molecule has 1 fully saturated rings. The quantitative estimate of drug-likeness (QED) is 0.847. The molecule has 5 heteroatoms. The summed E-state index contributed by atoms with van der Waals surface area (Å²) >= 11 is 0. The number of hydrogen-bond acceptors (Lipinski definition) is 4. The van der Waals surface area contributed by atoms with E-state index in [1.807, 2.05) is 17.2 Å². The molecule has 5 nitrogen and oxygen atoms in total. The third-order valence-corrected chi connectivity index (χ3v) is 5.89. The smallest absolute Gasteiger partial charge is 0.219 e. The number of amides is 1. The lowest BCUT2D eigenvalue weighted by molar-refractivity contribution is -0.129. The molecular formula is C23H26N4O. The number of carbonyl (C=O) groups excluding carboxylic acids is 1. The van der Waals surface area contributed by atoms with Gasteiger partial charge >= 0.3 is 0 Å². The number of fused-ring (bicyclic) bond motifs is 1. The van der Waals surface area contributed by atoms with Crippen LogP contribution in [0.15, 0.2) is 42.1 Å². The van der Waals surface area contributed by atoms with Gasteiger partial charge in [0.1, 0.15) is 0 Å². The average molecular weight is 374 g/mol. The van der Waals surface area contributed by atoms with E-state index in [0.29, 0.717) is 6.04 Å². The predicted octanol–water partition coefficient (Wildman–Crippen LogP) is 3.68. The lowest BCUT2D eigenvalue weighted by atomic mass is 9.86. The second-order valence-corrected chi connectivity index (χ2v) is 7.75. The summed E-state index contributed by atoms with van der Waals surface area (Å²) in [7, 11) is 0. The zero-order chi connectivity index (χ0) is 19.5. The van der Waals surface area contributed by atoms with E-state index >= 15 is 0 Å². The summed E-state index contributed by atoms with van der Waals surface area (Å²) in [6.07, 6.45) is 13.0. The van der Waals surface area contributed by atoms with E-state index in [1.165, 1.54) is 22.4 Å². The molecule has 1 amide bonds. The average Bonchev–Trinajstić information content (AvgIpc) is 2.74. The molecule has 2 N–H and O–H groups in total. The first-order valence-electron chi connectivity index (χ1n) is 10.0. The van der Waals surface area contributed by atoms with Gasteiger partial charge < -0.3 is 15.5 Å². The Hall–Kier alpha value is -3.00. The van der Waals surface area contributed by atoms with Crippen molar-refractivity contribution >= 4 is 17.7 Å². The van der Waals surface area contributed by atoms with Gasteiger partial charge in [0.2, 0.25) is 5.91 Å². The Labute approximate surface area is 166 Å². The summed E-state index contributed by atoms with van der Waals surface area (Å²) in [5.74, 6) is 0.394. The Kier molecular flexibility index (Phi) is 5.21. The molecule has 1 aromatic rings. The molecule has 0 spiro atoms. The number of anilines is 1. The van der Waals surface area contributed by atoms with Gasteiger partial charge in [-0.05, 0) is 54.8 Å². The minimum Gasteiger partial charge on any atom is -0.387 e. The van der Waals surface area contributed by atoms with Crippen LogP contribution in [0.1, 0.15) is 48.8 Å². The molecule has 0 saturated carbocycles. The van der Waals surface area contributed by atoms with Crippen molar-refractivity contribution in [2.24, 2.45) is 0 Å². The highest BCUT2D eigenvalue weighted by Gasteiger charge is 2.23. The standard InChI is InChI=1S/C23H26N4O/c1-16(28)27-9-6-21(7-10-27)26-23-13-20(12-19-5-8-25-15-22(19)23)18-4-2-3-17(11-18)14-24/h2-3,5,8,11-13,18,21,25-26H,4,6-7,9-10,15H2,1H3. The molecule has 4 rings (SSSR count). The molecule has 28 heavy (non-hydrogen) atoms. The molecule has 0 bridgehead atoms. The summed E-state index contributed by atoms with van der Waals surface area (Å²) in [4.78, 5) is 13.5. The van der Waals surface area contributed by atoms with E-state index in [1.54, 1.807) is 6.92 Å². The van der Waals surface area contributed by atoms with Gasteiger partial charge in [-0.2, -0.15) is 5.26 Å². The zero-order valence-corrected chi connectivity index (χ0v) is 16.2. The van der Waals surface area contributed by atoms with Gasteiger partial charge in [-0.15, -0.1) is 0 Å². The molecular weight excluding hydrogens is 348 g/mol. The fourth-order valence-corrected chi connectivity index (χ4v) is 4.26. The van der Waals surface area contributed by atoms with Crippen molar-refractivity contribution < 1.29 is 4.79 Å². The van der Waals surface area contributed by atoms with Gasteiger partial charge in [-0.25, -0.2) is 0 Å². The molecule has 1 aromatic carbocycles. The van der Waals surface area contributed by atoms with E-state index in [9.17, 15) is 10.1 Å². The third-order valence-electron chi connectivity index (χ3n) is 5.89. The lowest BCUT2D eigenvalue weighted by Crippen LogP contribution is -2.41. The highest BCUT2D eigenvalue weighted by Crippen LogP contribution is 2.34. The second kappa shape index (κ2) is 7.93. The van der Waals surface area contributed by atoms with Crippen LogP contribution in [0, 0.1) is 11.3 Å². The van der Waals surface area contributed by atoms with Gasteiger partial charge in [0.05, 0.1) is 6.07 Å². The fourth-order valence-electron chi connectivity index (χ4n) is 4.26. The minimum atomic E-state index is 0.164. The maximum atomic E-state index is 11.6. The Bertz CT molecular complexity index is 898. The van der Waals surface area contributed by atoms with E-state index in [0.717, 1.165) is 44.5 Å². The Morgan fingerprint density at radius 3 is 2.86 bits per heavy atom. The molecule has 0 radical (unpaired) electrons. The third kappa shape index (κ3) is 3.82. The van der Waals surface area contributed by atoms with E-state index in [2.05, 4.69) is 47.1 Å². The van der Waals surface area contributed by atoms with Crippen LogP contribution >= 0.6 is 0 Å². The summed E-state index contributed by atoms with van der Waals surface area (Å²) in [5.41, 5.74) is 5.67. The molecule has 1 saturated heterocycles. The highest BCUT2D eigenvalue weighted by atomic mass is 16.2. The summed E-state index contributed by atoms with van der Waals surface area (Å²) in [6.45, 7) is 4.08. The first-order chi connectivity index (χ1) is 13.6. The molecule has 0 aromatic heterocycles. The maximum Gasteiger partial charge on any atom is 0.219 e. The van der Waals surface area contributed by atoms with Gasteiger partial charge in [0.25, 0.3) is 0 Å². The van der Waals surface area contributed by atoms with Crippen molar-refractivity contribution in [3.05, 3.63) is 58.8 Å². The molecule has 3 aliphatic rings. The minimum absolute atomic E-state index is 0.164. The monoisotopic (exact) mass is 374 g/mol. The van der Waals surface area contributed by atoms with Crippen LogP contribution in [-0.4, -0.2) is 29.9 Å². The number of piperidine rings is 1. The number of benzene rings is 1. The van der Waals surface area contributed by atoms with Gasteiger partial charge in [-0.1, -0.05) is 18.2 Å². The normalized spacial score (nSPS) is 21.4. The van der Waals surface area contributed by atoms with Gasteiger partial charge in [0.15, 0.2) is 0 Å². The molecule has 144 valence electrons. The number of likely N-dealkylation sites (tertiary alicyclic amines) is 1. The SMILES string of the molecule is CC(=O)N1CCC(Nc2cc(C3C=C(C#N)C=CC3)cc3c2CNC=C3)CC1. The van der Waals surface area contributed by atoms with Crippen LogP contribution < -0.4 is 10.6 Å². The Morgan fingerprint density at radius 1 is 1.29 bits per heavy atom. The number of nitrogens with zero attached hydrogens (tertiary/aromatic N) is 2. The number of carbonyl (C=O) groups is 1. The molecule has 1 unspecified atom stereocenters. The van der Waals surface area contributed by atoms with Crippen molar-refractivity contribution in [1.82, 2.24) is 10.2 Å². The lowest BCUT2D eigenvalue weighted by Gasteiger charge is -2.33. The highest BCUT2D eigenvalue weighted by molar-refractivity contribution is 5.73. The van der Waals surface area contributed by atoms with Crippen molar-refractivity contribution in [2.45, 2.75) is 44.7 Å². The number of nitriles is 1. The van der Waals surface area contributed by atoms with Crippen LogP contribution in [-0.2, 0) is 11.3 Å².